The van der Waals surface area contributed by atoms with Gasteiger partial charge in [-0.05, 0) is 31.2 Å². The third-order valence-corrected chi connectivity index (χ3v) is 3.80. The quantitative estimate of drug-likeness (QED) is 0.613. The van der Waals surface area contributed by atoms with Crippen LogP contribution in [0.15, 0.2) is 49.2 Å². The highest BCUT2D eigenvalue weighted by atomic mass is 35.5. The Bertz CT molecular complexity index is 955. The highest BCUT2D eigenvalue weighted by molar-refractivity contribution is 6.33. The van der Waals surface area contributed by atoms with Gasteiger partial charge in [0.2, 0.25) is 0 Å². The van der Waals surface area contributed by atoms with Crippen LogP contribution < -0.4 is 0 Å². The second-order valence-electron chi connectivity index (χ2n) is 5.06. The molecular weight excluding hydrogens is 298 g/mol. The number of aryl methyl sites for hydroxylation is 1. The first-order valence-corrected chi connectivity index (χ1v) is 7.19. The third-order valence-electron chi connectivity index (χ3n) is 3.49. The molecule has 0 bridgehead atoms. The van der Waals surface area contributed by atoms with Crippen molar-refractivity contribution in [3.63, 3.8) is 0 Å². The molecule has 0 aliphatic heterocycles. The molecular formula is C16H12ClN5. The van der Waals surface area contributed by atoms with E-state index >= 15 is 0 Å². The van der Waals surface area contributed by atoms with Crippen molar-refractivity contribution in [3.05, 3.63) is 59.9 Å². The summed E-state index contributed by atoms with van der Waals surface area (Å²) >= 11 is 6.40. The van der Waals surface area contributed by atoms with Crippen molar-refractivity contribution in [1.82, 2.24) is 24.5 Å². The van der Waals surface area contributed by atoms with Crippen LogP contribution in [-0.2, 0) is 0 Å². The number of H-pyrrole nitrogens is 1. The number of hydrogen-bond donors (Lipinski definition) is 1. The van der Waals surface area contributed by atoms with E-state index in [1.54, 1.807) is 18.7 Å². The van der Waals surface area contributed by atoms with Crippen LogP contribution >= 0.6 is 11.6 Å². The molecule has 1 N–H and O–H groups in total. The highest BCUT2D eigenvalue weighted by Gasteiger charge is 2.10. The van der Waals surface area contributed by atoms with Gasteiger partial charge in [-0.15, -0.1) is 0 Å². The van der Waals surface area contributed by atoms with Gasteiger partial charge in [-0.1, -0.05) is 11.6 Å². The van der Waals surface area contributed by atoms with E-state index in [1.807, 2.05) is 42.0 Å². The average molecular weight is 310 g/mol. The summed E-state index contributed by atoms with van der Waals surface area (Å²) < 4.78 is 1.90. The minimum Gasteiger partial charge on any atom is -0.338 e. The summed E-state index contributed by atoms with van der Waals surface area (Å²) in [7, 11) is 0. The fourth-order valence-electron chi connectivity index (χ4n) is 2.42. The molecule has 5 nitrogen and oxygen atoms in total. The lowest BCUT2D eigenvalue weighted by Crippen LogP contribution is -1.91. The van der Waals surface area contributed by atoms with Crippen LogP contribution in [-0.4, -0.2) is 24.5 Å². The monoisotopic (exact) mass is 309 g/mol. The summed E-state index contributed by atoms with van der Waals surface area (Å²) in [5, 5.41) is 0.648. The summed E-state index contributed by atoms with van der Waals surface area (Å²) in [5.74, 6) is 0.799. The summed E-state index contributed by atoms with van der Waals surface area (Å²) in [6.07, 6.45) is 7.17. The molecule has 6 heteroatoms. The third kappa shape index (κ3) is 2.16. The van der Waals surface area contributed by atoms with Crippen molar-refractivity contribution in [3.8, 4) is 17.1 Å². The molecule has 0 radical (unpaired) electrons. The Morgan fingerprint density at radius 3 is 2.73 bits per heavy atom. The molecule has 0 saturated carbocycles. The zero-order valence-electron chi connectivity index (χ0n) is 11.8. The van der Waals surface area contributed by atoms with E-state index in [0.717, 1.165) is 33.8 Å². The van der Waals surface area contributed by atoms with Crippen molar-refractivity contribution < 1.29 is 0 Å². The van der Waals surface area contributed by atoms with E-state index in [4.69, 9.17) is 11.6 Å². The largest absolute Gasteiger partial charge is 0.338 e. The van der Waals surface area contributed by atoms with Crippen molar-refractivity contribution in [2.75, 3.05) is 0 Å². The van der Waals surface area contributed by atoms with E-state index in [-0.39, 0.29) is 0 Å². The smallest absolute Gasteiger partial charge is 0.138 e. The normalized spacial score (nSPS) is 11.2. The molecule has 3 aromatic heterocycles. The van der Waals surface area contributed by atoms with E-state index in [9.17, 15) is 0 Å². The predicted molar refractivity (Wildman–Crippen MR) is 86.2 cm³/mol. The lowest BCUT2D eigenvalue weighted by Gasteiger charge is -2.04. The molecule has 3 heterocycles. The van der Waals surface area contributed by atoms with Gasteiger partial charge >= 0.3 is 0 Å². The molecule has 0 saturated heterocycles. The number of hydrogen-bond acceptors (Lipinski definition) is 3. The van der Waals surface area contributed by atoms with E-state index in [1.165, 1.54) is 0 Å². The van der Waals surface area contributed by atoms with Crippen LogP contribution in [0, 0.1) is 6.92 Å². The van der Waals surface area contributed by atoms with Crippen LogP contribution in [0.4, 0.5) is 0 Å². The first-order valence-electron chi connectivity index (χ1n) is 6.81. The van der Waals surface area contributed by atoms with Crippen molar-refractivity contribution in [2.24, 2.45) is 0 Å². The molecule has 4 rings (SSSR count). The van der Waals surface area contributed by atoms with Gasteiger partial charge in [0.05, 0.1) is 33.8 Å². The number of imidazole rings is 2. The molecule has 0 amide bonds. The standard InChI is InChI=1S/C16H12ClN5/c1-10-8-22(9-19-10)15-7-14-13(6-12(15)17)20-16(21-14)11-2-4-18-5-3-11/h2-9H,1H3,(H,20,21). The Morgan fingerprint density at radius 2 is 2.00 bits per heavy atom. The number of aromatic nitrogens is 5. The minimum atomic E-state index is 0.648. The van der Waals surface area contributed by atoms with Crippen molar-refractivity contribution in [2.45, 2.75) is 6.92 Å². The molecule has 0 aliphatic carbocycles. The number of pyridine rings is 1. The number of aromatic amines is 1. The van der Waals surface area contributed by atoms with E-state index in [0.29, 0.717) is 5.02 Å². The second-order valence-corrected chi connectivity index (χ2v) is 5.47. The summed E-state index contributed by atoms with van der Waals surface area (Å²) in [5.41, 5.74) is 4.55. The average Bonchev–Trinajstić information content (AvgIpc) is 3.13. The first-order chi connectivity index (χ1) is 10.7. The molecule has 0 aliphatic rings. The maximum Gasteiger partial charge on any atom is 0.138 e. The van der Waals surface area contributed by atoms with Crippen molar-refractivity contribution in [1.29, 1.82) is 0 Å². The van der Waals surface area contributed by atoms with Crippen LogP contribution in [0.5, 0.6) is 0 Å². The number of halogens is 1. The molecule has 0 unspecified atom stereocenters. The second kappa shape index (κ2) is 4.96. The van der Waals surface area contributed by atoms with Gasteiger partial charge in [0, 0.05) is 24.2 Å². The molecule has 4 aromatic rings. The van der Waals surface area contributed by atoms with Gasteiger partial charge in [0.25, 0.3) is 0 Å². The molecule has 22 heavy (non-hydrogen) atoms. The van der Waals surface area contributed by atoms with Gasteiger partial charge in [0.1, 0.15) is 5.82 Å². The Labute approximate surface area is 131 Å². The number of fused-ring (bicyclic) bond motifs is 1. The lowest BCUT2D eigenvalue weighted by atomic mass is 10.2. The summed E-state index contributed by atoms with van der Waals surface area (Å²) in [6, 6.07) is 7.68. The number of rotatable bonds is 2. The maximum absolute atomic E-state index is 6.40. The van der Waals surface area contributed by atoms with Crippen LogP contribution in [0.1, 0.15) is 5.69 Å². The number of nitrogens with zero attached hydrogens (tertiary/aromatic N) is 4. The predicted octanol–water partition coefficient (Wildman–Crippen LogP) is 3.77. The molecule has 0 atom stereocenters. The zero-order valence-corrected chi connectivity index (χ0v) is 12.5. The summed E-state index contributed by atoms with van der Waals surface area (Å²) in [6.45, 7) is 1.94. The van der Waals surface area contributed by atoms with Gasteiger partial charge < -0.3 is 9.55 Å². The Hall–Kier alpha value is -2.66. The van der Waals surface area contributed by atoms with E-state index in [2.05, 4.69) is 19.9 Å². The Morgan fingerprint density at radius 1 is 1.18 bits per heavy atom. The van der Waals surface area contributed by atoms with Gasteiger partial charge in [-0.25, -0.2) is 9.97 Å². The van der Waals surface area contributed by atoms with Crippen LogP contribution in [0.2, 0.25) is 5.02 Å². The topological polar surface area (TPSA) is 59.4 Å². The molecule has 0 spiro atoms. The Balaban J connectivity index is 1.87. The Kier molecular flexibility index (Phi) is 2.94. The van der Waals surface area contributed by atoms with Gasteiger partial charge in [-0.2, -0.15) is 0 Å². The molecule has 0 fully saturated rings. The zero-order chi connectivity index (χ0) is 15.1. The number of nitrogens with one attached hydrogen (secondary N) is 1. The fraction of sp³-hybridized carbons (Fsp3) is 0.0625. The molecule has 108 valence electrons. The fourth-order valence-corrected chi connectivity index (χ4v) is 2.68. The minimum absolute atomic E-state index is 0.648. The van der Waals surface area contributed by atoms with Gasteiger partial charge in [0.15, 0.2) is 0 Å². The first kappa shape index (κ1) is 13.0. The number of benzene rings is 1. The highest BCUT2D eigenvalue weighted by Crippen LogP contribution is 2.28. The lowest BCUT2D eigenvalue weighted by molar-refractivity contribution is 1.06. The van der Waals surface area contributed by atoms with E-state index < -0.39 is 0 Å². The van der Waals surface area contributed by atoms with Gasteiger partial charge in [-0.3, -0.25) is 4.98 Å². The summed E-state index contributed by atoms with van der Waals surface area (Å²) in [4.78, 5) is 16.2. The van der Waals surface area contributed by atoms with Crippen LogP contribution in [0.3, 0.4) is 0 Å². The SMILES string of the molecule is Cc1cn(-c2cc3nc(-c4ccncc4)[nH]c3cc2Cl)cn1. The maximum atomic E-state index is 6.40. The van der Waals surface area contributed by atoms with Crippen LogP contribution in [0.25, 0.3) is 28.1 Å². The van der Waals surface area contributed by atoms with Crippen molar-refractivity contribution >= 4 is 22.6 Å². The molecule has 1 aromatic carbocycles.